The van der Waals surface area contributed by atoms with Crippen LogP contribution in [0, 0.1) is 6.92 Å². The van der Waals surface area contributed by atoms with Crippen LogP contribution in [0.2, 0.25) is 0 Å². The van der Waals surface area contributed by atoms with Crippen LogP contribution in [0.4, 0.5) is 5.69 Å². The molecule has 9 heteroatoms. The van der Waals surface area contributed by atoms with E-state index in [-0.39, 0.29) is 17.5 Å². The number of piperazine rings is 1. The van der Waals surface area contributed by atoms with E-state index in [2.05, 4.69) is 19.5 Å². The summed E-state index contributed by atoms with van der Waals surface area (Å²) in [6.07, 6.45) is 1.61. The maximum Gasteiger partial charge on any atom is 0.267 e. The minimum absolute atomic E-state index is 0.00145. The minimum atomic E-state index is -0.0181. The molecule has 4 rings (SSSR count). The highest BCUT2D eigenvalue weighted by Crippen LogP contribution is 2.22. The molecule has 0 bridgehead atoms. The zero-order valence-electron chi connectivity index (χ0n) is 16.1. The number of anilines is 1. The van der Waals surface area contributed by atoms with Gasteiger partial charge in [-0.05, 0) is 50.5 Å². The van der Waals surface area contributed by atoms with Gasteiger partial charge in [-0.2, -0.15) is 0 Å². The second-order valence-electron chi connectivity index (χ2n) is 7.22. The first-order chi connectivity index (χ1) is 13.5. The molecular formula is C19H22N6O2S. The standard InChI is InChI=1S/C19H22N6O2S/c1-12(2)25-11-20-16-10-14(4-5-15(16)18(25)26)23-6-8-24(9-7-23)19(27)17-13(3)21-22-28-17/h4-5,10-12H,6-9H2,1-3H3. The van der Waals surface area contributed by atoms with Gasteiger partial charge in [0, 0.05) is 37.9 Å². The smallest absolute Gasteiger partial charge is 0.267 e. The Balaban J connectivity index is 1.51. The second kappa shape index (κ2) is 7.31. The van der Waals surface area contributed by atoms with Gasteiger partial charge in [-0.3, -0.25) is 14.2 Å². The van der Waals surface area contributed by atoms with Gasteiger partial charge in [-0.1, -0.05) is 4.49 Å². The topological polar surface area (TPSA) is 84.2 Å². The van der Waals surface area contributed by atoms with Crippen LogP contribution in [0.15, 0.2) is 29.3 Å². The average Bonchev–Trinajstić information content (AvgIpc) is 3.13. The number of fused-ring (bicyclic) bond motifs is 1. The molecule has 0 aliphatic carbocycles. The molecule has 0 radical (unpaired) electrons. The molecule has 8 nitrogen and oxygen atoms in total. The number of benzene rings is 1. The molecular weight excluding hydrogens is 376 g/mol. The number of aryl methyl sites for hydroxylation is 1. The maximum absolute atomic E-state index is 12.6. The van der Waals surface area contributed by atoms with Crippen LogP contribution in [-0.4, -0.2) is 56.1 Å². The van der Waals surface area contributed by atoms with Crippen LogP contribution < -0.4 is 10.5 Å². The van der Waals surface area contributed by atoms with E-state index in [0.717, 1.165) is 30.3 Å². The van der Waals surface area contributed by atoms with Crippen molar-refractivity contribution in [1.29, 1.82) is 0 Å². The number of nitrogens with zero attached hydrogens (tertiary/aromatic N) is 6. The van der Waals surface area contributed by atoms with E-state index in [1.165, 1.54) is 0 Å². The van der Waals surface area contributed by atoms with Crippen molar-refractivity contribution in [3.8, 4) is 0 Å². The summed E-state index contributed by atoms with van der Waals surface area (Å²) in [5, 5.41) is 4.55. The lowest BCUT2D eigenvalue weighted by molar-refractivity contribution is 0.0750. The molecule has 1 aliphatic heterocycles. The highest BCUT2D eigenvalue weighted by molar-refractivity contribution is 7.07. The molecule has 3 heterocycles. The monoisotopic (exact) mass is 398 g/mol. The number of rotatable bonds is 3. The number of hydrogen-bond donors (Lipinski definition) is 0. The Morgan fingerprint density at radius 1 is 1.18 bits per heavy atom. The van der Waals surface area contributed by atoms with Crippen molar-refractivity contribution >= 4 is 34.0 Å². The predicted octanol–water partition coefficient (Wildman–Crippen LogP) is 2.10. The molecule has 0 saturated carbocycles. The lowest BCUT2D eigenvalue weighted by Gasteiger charge is -2.36. The molecule has 1 aromatic carbocycles. The Labute approximate surface area is 166 Å². The highest BCUT2D eigenvalue weighted by atomic mass is 32.1. The SMILES string of the molecule is Cc1nnsc1C(=O)N1CCN(c2ccc3c(=O)n(C(C)C)cnc3c2)CC1. The Hall–Kier alpha value is -2.81. The van der Waals surface area contributed by atoms with Crippen molar-refractivity contribution in [2.75, 3.05) is 31.1 Å². The van der Waals surface area contributed by atoms with E-state index < -0.39 is 0 Å². The van der Waals surface area contributed by atoms with Gasteiger partial charge in [0.15, 0.2) is 0 Å². The van der Waals surface area contributed by atoms with E-state index in [9.17, 15) is 9.59 Å². The summed E-state index contributed by atoms with van der Waals surface area (Å²) in [5.41, 5.74) is 2.38. The van der Waals surface area contributed by atoms with E-state index in [1.807, 2.05) is 43.9 Å². The largest absolute Gasteiger partial charge is 0.368 e. The maximum atomic E-state index is 12.6. The van der Waals surface area contributed by atoms with Gasteiger partial charge in [0.05, 0.1) is 22.9 Å². The fraction of sp³-hybridized carbons (Fsp3) is 0.421. The zero-order chi connectivity index (χ0) is 19.8. The van der Waals surface area contributed by atoms with Crippen molar-refractivity contribution in [1.82, 2.24) is 24.0 Å². The molecule has 1 fully saturated rings. The summed E-state index contributed by atoms with van der Waals surface area (Å²) in [5.74, 6) is 0.00145. The normalized spacial score (nSPS) is 14.9. The third-order valence-corrected chi connectivity index (χ3v) is 5.92. The summed E-state index contributed by atoms with van der Waals surface area (Å²) in [4.78, 5) is 34.3. The third kappa shape index (κ3) is 3.26. The zero-order valence-corrected chi connectivity index (χ0v) is 16.9. The van der Waals surface area contributed by atoms with Crippen LogP contribution in [0.1, 0.15) is 35.3 Å². The van der Waals surface area contributed by atoms with Crippen LogP contribution in [-0.2, 0) is 0 Å². The Kier molecular flexibility index (Phi) is 4.84. The van der Waals surface area contributed by atoms with Gasteiger partial charge in [0.2, 0.25) is 0 Å². The molecule has 0 atom stereocenters. The fourth-order valence-corrected chi connectivity index (χ4v) is 4.05. The molecule has 0 spiro atoms. The Morgan fingerprint density at radius 3 is 2.57 bits per heavy atom. The van der Waals surface area contributed by atoms with Crippen molar-refractivity contribution in [3.63, 3.8) is 0 Å². The molecule has 3 aromatic rings. The summed E-state index contributed by atoms with van der Waals surface area (Å²) < 4.78 is 5.49. The summed E-state index contributed by atoms with van der Waals surface area (Å²) in [7, 11) is 0. The van der Waals surface area contributed by atoms with Crippen LogP contribution in [0.3, 0.4) is 0 Å². The first-order valence-electron chi connectivity index (χ1n) is 9.30. The molecule has 28 heavy (non-hydrogen) atoms. The van der Waals surface area contributed by atoms with Gasteiger partial charge >= 0.3 is 0 Å². The average molecular weight is 398 g/mol. The third-order valence-electron chi connectivity index (χ3n) is 5.10. The van der Waals surface area contributed by atoms with Crippen molar-refractivity contribution in [2.24, 2.45) is 0 Å². The van der Waals surface area contributed by atoms with Gasteiger partial charge in [0.1, 0.15) is 4.88 Å². The summed E-state index contributed by atoms with van der Waals surface area (Å²) in [6.45, 7) is 8.47. The van der Waals surface area contributed by atoms with Crippen LogP contribution >= 0.6 is 11.5 Å². The predicted molar refractivity (Wildman–Crippen MR) is 109 cm³/mol. The second-order valence-corrected chi connectivity index (χ2v) is 7.97. The van der Waals surface area contributed by atoms with Gasteiger partial charge in [0.25, 0.3) is 11.5 Å². The molecule has 1 amide bonds. The highest BCUT2D eigenvalue weighted by Gasteiger charge is 2.25. The van der Waals surface area contributed by atoms with Crippen molar-refractivity contribution in [3.05, 3.63) is 45.5 Å². The molecule has 1 saturated heterocycles. The number of carbonyl (C=O) groups excluding carboxylic acids is 1. The van der Waals surface area contributed by atoms with Crippen LogP contribution in [0.5, 0.6) is 0 Å². The summed E-state index contributed by atoms with van der Waals surface area (Å²) in [6, 6.07) is 5.84. The summed E-state index contributed by atoms with van der Waals surface area (Å²) >= 11 is 1.15. The molecule has 2 aromatic heterocycles. The molecule has 0 unspecified atom stereocenters. The minimum Gasteiger partial charge on any atom is -0.368 e. The number of amides is 1. The van der Waals surface area contributed by atoms with E-state index in [0.29, 0.717) is 34.6 Å². The fourth-order valence-electron chi connectivity index (χ4n) is 3.43. The lowest BCUT2D eigenvalue weighted by atomic mass is 10.2. The lowest BCUT2D eigenvalue weighted by Crippen LogP contribution is -2.48. The molecule has 0 N–H and O–H groups in total. The van der Waals surface area contributed by atoms with E-state index in [4.69, 9.17) is 0 Å². The number of hydrogen-bond acceptors (Lipinski definition) is 7. The van der Waals surface area contributed by atoms with Crippen molar-refractivity contribution < 1.29 is 4.79 Å². The first-order valence-corrected chi connectivity index (χ1v) is 10.1. The van der Waals surface area contributed by atoms with E-state index in [1.54, 1.807) is 10.9 Å². The van der Waals surface area contributed by atoms with Crippen molar-refractivity contribution in [2.45, 2.75) is 26.8 Å². The first kappa shape index (κ1) is 18.5. The van der Waals surface area contributed by atoms with Gasteiger partial charge in [-0.25, -0.2) is 4.98 Å². The quantitative estimate of drug-likeness (QED) is 0.672. The Bertz CT molecular complexity index is 1080. The van der Waals surface area contributed by atoms with Crippen LogP contribution in [0.25, 0.3) is 10.9 Å². The molecule has 146 valence electrons. The van der Waals surface area contributed by atoms with Gasteiger partial charge < -0.3 is 9.80 Å². The number of carbonyl (C=O) groups is 1. The Morgan fingerprint density at radius 2 is 1.93 bits per heavy atom. The van der Waals surface area contributed by atoms with E-state index >= 15 is 0 Å². The molecule has 1 aliphatic rings. The number of aromatic nitrogens is 4. The van der Waals surface area contributed by atoms with Gasteiger partial charge in [-0.15, -0.1) is 5.10 Å².